The van der Waals surface area contributed by atoms with Gasteiger partial charge >= 0.3 is 0 Å². The van der Waals surface area contributed by atoms with Gasteiger partial charge in [0.1, 0.15) is 5.82 Å². The summed E-state index contributed by atoms with van der Waals surface area (Å²) < 4.78 is 0.886. The van der Waals surface area contributed by atoms with Crippen LogP contribution in [0, 0.1) is 6.92 Å². The predicted octanol–water partition coefficient (Wildman–Crippen LogP) is 3.80. The van der Waals surface area contributed by atoms with E-state index in [0.29, 0.717) is 5.82 Å². The van der Waals surface area contributed by atoms with Crippen LogP contribution in [0.15, 0.2) is 41.0 Å². The van der Waals surface area contributed by atoms with Gasteiger partial charge in [0, 0.05) is 24.2 Å². The highest BCUT2D eigenvalue weighted by Crippen LogP contribution is 2.29. The molecule has 1 aromatic carbocycles. The van der Waals surface area contributed by atoms with Gasteiger partial charge in [-0.2, -0.15) is 0 Å². The molecule has 0 saturated heterocycles. The van der Waals surface area contributed by atoms with E-state index in [2.05, 4.69) is 36.2 Å². The number of nitrogens with zero attached hydrogens (tertiary/aromatic N) is 3. The Hall–Kier alpha value is -2.01. The molecule has 2 heterocycles. The van der Waals surface area contributed by atoms with Crippen molar-refractivity contribution in [2.45, 2.75) is 6.92 Å². The van der Waals surface area contributed by atoms with Gasteiger partial charge in [0.2, 0.25) is 0 Å². The van der Waals surface area contributed by atoms with Crippen molar-refractivity contribution < 1.29 is 0 Å². The Morgan fingerprint density at radius 3 is 2.70 bits per heavy atom. The fraction of sp³-hybridized carbons (Fsp3) is 0.133. The summed E-state index contributed by atoms with van der Waals surface area (Å²) in [7, 11) is 1.84. The van der Waals surface area contributed by atoms with E-state index in [1.165, 1.54) is 0 Å². The molecule has 2 aromatic heterocycles. The molecule has 3 aromatic rings. The number of halogens is 1. The Morgan fingerprint density at radius 2 is 1.90 bits per heavy atom. The first-order valence-corrected chi connectivity index (χ1v) is 7.06. The predicted molar refractivity (Wildman–Crippen MR) is 84.8 cm³/mol. The van der Waals surface area contributed by atoms with Gasteiger partial charge in [-0.25, -0.2) is 9.97 Å². The van der Waals surface area contributed by atoms with Crippen LogP contribution in [0.5, 0.6) is 0 Å². The van der Waals surface area contributed by atoms with Crippen LogP contribution in [0.3, 0.4) is 0 Å². The first-order chi connectivity index (χ1) is 9.70. The Bertz CT molecular complexity index is 781. The summed E-state index contributed by atoms with van der Waals surface area (Å²) in [5.74, 6) is 1.46. The number of hydrogen-bond donors (Lipinski definition) is 1. The Kier molecular flexibility index (Phi) is 3.36. The first-order valence-electron chi connectivity index (χ1n) is 6.26. The van der Waals surface area contributed by atoms with E-state index in [1.807, 2.05) is 44.3 Å². The van der Waals surface area contributed by atoms with Gasteiger partial charge in [-0.15, -0.1) is 0 Å². The van der Waals surface area contributed by atoms with E-state index in [9.17, 15) is 0 Å². The van der Waals surface area contributed by atoms with Crippen LogP contribution in [0.1, 0.15) is 5.69 Å². The molecular formula is C15H13BrN4. The minimum absolute atomic E-state index is 0.680. The number of pyridine rings is 1. The van der Waals surface area contributed by atoms with Crippen LogP contribution in [0.25, 0.3) is 22.3 Å². The van der Waals surface area contributed by atoms with Crippen LogP contribution < -0.4 is 5.32 Å². The van der Waals surface area contributed by atoms with Gasteiger partial charge < -0.3 is 5.32 Å². The molecule has 0 saturated carbocycles. The zero-order valence-electron chi connectivity index (χ0n) is 11.2. The van der Waals surface area contributed by atoms with E-state index >= 15 is 0 Å². The summed E-state index contributed by atoms with van der Waals surface area (Å²) in [6.45, 7) is 1.95. The van der Waals surface area contributed by atoms with Crippen molar-refractivity contribution in [3.05, 3.63) is 46.7 Å². The van der Waals surface area contributed by atoms with Gasteiger partial charge in [-0.3, -0.25) is 4.98 Å². The number of hydrogen-bond acceptors (Lipinski definition) is 4. The Morgan fingerprint density at radius 1 is 1.10 bits per heavy atom. The van der Waals surface area contributed by atoms with Gasteiger partial charge in [0.05, 0.1) is 15.7 Å². The first kappa shape index (κ1) is 13.0. The van der Waals surface area contributed by atoms with Crippen molar-refractivity contribution in [1.29, 1.82) is 0 Å². The number of nitrogens with one attached hydrogen (secondary N) is 1. The molecule has 3 rings (SSSR count). The van der Waals surface area contributed by atoms with Crippen LogP contribution in [0.4, 0.5) is 5.82 Å². The number of benzene rings is 1. The average molecular weight is 329 g/mol. The topological polar surface area (TPSA) is 50.7 Å². The largest absolute Gasteiger partial charge is 0.372 e. The summed E-state index contributed by atoms with van der Waals surface area (Å²) in [6, 6.07) is 10.0. The maximum Gasteiger partial charge on any atom is 0.164 e. The molecule has 0 unspecified atom stereocenters. The molecular weight excluding hydrogens is 316 g/mol. The third kappa shape index (κ3) is 2.14. The molecule has 4 nitrogen and oxygen atoms in total. The normalized spacial score (nSPS) is 10.8. The molecule has 5 heteroatoms. The second kappa shape index (κ2) is 5.17. The maximum atomic E-state index is 4.56. The van der Waals surface area contributed by atoms with Crippen molar-refractivity contribution in [3.8, 4) is 11.4 Å². The van der Waals surface area contributed by atoms with Crippen molar-refractivity contribution >= 4 is 32.7 Å². The highest BCUT2D eigenvalue weighted by molar-refractivity contribution is 9.10. The zero-order chi connectivity index (χ0) is 14.1. The van der Waals surface area contributed by atoms with Crippen LogP contribution in [0.2, 0.25) is 0 Å². The second-order valence-electron chi connectivity index (χ2n) is 4.43. The van der Waals surface area contributed by atoms with Crippen molar-refractivity contribution in [2.75, 3.05) is 12.4 Å². The van der Waals surface area contributed by atoms with Gasteiger partial charge in [-0.1, -0.05) is 18.2 Å². The average Bonchev–Trinajstić information content (AvgIpc) is 2.49. The van der Waals surface area contributed by atoms with E-state index in [0.717, 1.165) is 32.5 Å². The third-order valence-corrected chi connectivity index (χ3v) is 4.08. The lowest BCUT2D eigenvalue weighted by atomic mass is 10.1. The van der Waals surface area contributed by atoms with Crippen molar-refractivity contribution in [3.63, 3.8) is 0 Å². The fourth-order valence-corrected chi connectivity index (χ4v) is 2.51. The monoisotopic (exact) mass is 328 g/mol. The summed E-state index contributed by atoms with van der Waals surface area (Å²) in [5.41, 5.74) is 2.75. The minimum atomic E-state index is 0.680. The fourth-order valence-electron chi connectivity index (χ4n) is 2.13. The molecule has 0 aliphatic heterocycles. The number of rotatable bonds is 2. The summed E-state index contributed by atoms with van der Waals surface area (Å²) >= 11 is 3.49. The lowest BCUT2D eigenvalue weighted by molar-refractivity contribution is 1.09. The van der Waals surface area contributed by atoms with Crippen LogP contribution in [-0.2, 0) is 0 Å². The lowest BCUT2D eigenvalue weighted by Gasteiger charge is -2.10. The van der Waals surface area contributed by atoms with E-state index in [-0.39, 0.29) is 0 Å². The standard InChI is InChI=1S/C15H13BrN4/c1-9-12(16)15(17-2)20-14(19-9)11-7-3-5-10-6-4-8-18-13(10)11/h3-8H,1-2H3,(H,17,19,20). The van der Waals surface area contributed by atoms with Gasteiger partial charge in [-0.05, 0) is 35.0 Å². The molecule has 0 amide bonds. The number of anilines is 1. The minimum Gasteiger partial charge on any atom is -0.372 e. The highest BCUT2D eigenvalue weighted by Gasteiger charge is 2.12. The molecule has 20 heavy (non-hydrogen) atoms. The van der Waals surface area contributed by atoms with E-state index in [4.69, 9.17) is 0 Å². The number of para-hydroxylation sites is 1. The third-order valence-electron chi connectivity index (χ3n) is 3.13. The lowest BCUT2D eigenvalue weighted by Crippen LogP contribution is -2.01. The van der Waals surface area contributed by atoms with Crippen LogP contribution >= 0.6 is 15.9 Å². The zero-order valence-corrected chi connectivity index (χ0v) is 12.8. The van der Waals surface area contributed by atoms with E-state index < -0.39 is 0 Å². The summed E-state index contributed by atoms with van der Waals surface area (Å²) in [5, 5.41) is 4.16. The molecule has 0 fully saturated rings. The number of fused-ring (bicyclic) bond motifs is 1. The smallest absolute Gasteiger partial charge is 0.164 e. The molecule has 0 bridgehead atoms. The highest BCUT2D eigenvalue weighted by atomic mass is 79.9. The Labute approximate surface area is 125 Å². The Balaban J connectivity index is 2.28. The summed E-state index contributed by atoms with van der Waals surface area (Å²) in [6.07, 6.45) is 1.79. The molecule has 1 N–H and O–H groups in total. The molecule has 0 aliphatic carbocycles. The van der Waals surface area contributed by atoms with Gasteiger partial charge in [0.15, 0.2) is 5.82 Å². The molecule has 0 atom stereocenters. The maximum absolute atomic E-state index is 4.56. The van der Waals surface area contributed by atoms with Crippen LogP contribution in [-0.4, -0.2) is 22.0 Å². The molecule has 100 valence electrons. The summed E-state index contributed by atoms with van der Waals surface area (Å²) in [4.78, 5) is 13.6. The number of aryl methyl sites for hydroxylation is 1. The molecule has 0 radical (unpaired) electrons. The van der Waals surface area contributed by atoms with Crippen molar-refractivity contribution in [1.82, 2.24) is 15.0 Å². The van der Waals surface area contributed by atoms with E-state index in [1.54, 1.807) is 6.20 Å². The molecule has 0 spiro atoms. The number of aromatic nitrogens is 3. The second-order valence-corrected chi connectivity index (χ2v) is 5.22. The quantitative estimate of drug-likeness (QED) is 0.777. The SMILES string of the molecule is CNc1nc(-c2cccc3cccnc23)nc(C)c1Br. The molecule has 0 aliphatic rings. The van der Waals surface area contributed by atoms with Crippen molar-refractivity contribution in [2.24, 2.45) is 0 Å². The van der Waals surface area contributed by atoms with Gasteiger partial charge in [0.25, 0.3) is 0 Å².